The molecule has 0 fully saturated rings. The van der Waals surface area contributed by atoms with E-state index in [4.69, 9.17) is 4.74 Å². The number of methoxy groups -OCH3 is 1. The molecule has 1 aliphatic rings. The molecule has 40 heavy (non-hydrogen) atoms. The molecule has 1 aliphatic heterocycles. The molecule has 1 N–H and O–H groups in total. The van der Waals surface area contributed by atoms with Crippen LogP contribution in [0.15, 0.2) is 76.6 Å². The van der Waals surface area contributed by atoms with Crippen LogP contribution in [-0.4, -0.2) is 23.5 Å². The highest BCUT2D eigenvalue weighted by Crippen LogP contribution is 2.54. The van der Waals surface area contributed by atoms with Crippen molar-refractivity contribution in [3.63, 3.8) is 0 Å². The van der Waals surface area contributed by atoms with Gasteiger partial charge in [-0.2, -0.15) is 0 Å². The maximum Gasteiger partial charge on any atom is 0.260 e. The minimum absolute atomic E-state index is 0.00661. The number of nitrogens with one attached hydrogen (secondary N) is 1. The molecule has 2 heterocycles. The number of fused-ring (bicyclic) bond motifs is 1. The lowest BCUT2D eigenvalue weighted by Crippen LogP contribution is -2.40. The van der Waals surface area contributed by atoms with E-state index in [9.17, 15) is 13.6 Å². The van der Waals surface area contributed by atoms with E-state index in [-0.39, 0.29) is 40.5 Å². The summed E-state index contributed by atoms with van der Waals surface area (Å²) < 4.78 is 51.9. The Morgan fingerprint density at radius 3 is 2.25 bits per heavy atom. The molecule has 4 aromatic rings. The van der Waals surface area contributed by atoms with Crippen LogP contribution in [0.2, 0.25) is 0 Å². The van der Waals surface area contributed by atoms with Crippen LogP contribution in [0.25, 0.3) is 11.1 Å². The summed E-state index contributed by atoms with van der Waals surface area (Å²) in [5.41, 5.74) is 1.83. The van der Waals surface area contributed by atoms with Crippen LogP contribution < -0.4 is 15.6 Å². The average Bonchev–Trinajstić information content (AvgIpc) is 3.21. The molecule has 0 saturated heterocycles. The Morgan fingerprint density at radius 1 is 0.975 bits per heavy atom. The third-order valence-electron chi connectivity index (χ3n) is 7.74. The van der Waals surface area contributed by atoms with Gasteiger partial charge in [-0.25, -0.2) is 13.2 Å². The Labute approximate surface area is 236 Å². The molecular weight excluding hydrogens is 533 g/mol. The molecular formula is C32H31F3N2O2S. The maximum absolute atomic E-state index is 15.7. The largest absolute Gasteiger partial charge is 0.494 e. The van der Waals surface area contributed by atoms with Gasteiger partial charge in [-0.3, -0.25) is 9.36 Å². The van der Waals surface area contributed by atoms with E-state index in [0.29, 0.717) is 16.2 Å². The summed E-state index contributed by atoms with van der Waals surface area (Å²) in [6, 6.07) is 17.6. The fourth-order valence-electron chi connectivity index (χ4n) is 5.80. The summed E-state index contributed by atoms with van der Waals surface area (Å²) in [6.07, 6.45) is -0.0934. The lowest BCUT2D eigenvalue weighted by Gasteiger charge is -2.34. The molecule has 4 nitrogen and oxygen atoms in total. The topological polar surface area (TPSA) is 43.3 Å². The standard InChI is InChI=1S/C32H31F3N2O2S/c1-18-21(17-22-23(33)14-10-15-24(22)34)31-37(30(38)26(18)20-13-9-16-25(39-5)27(20)35)29(32(2,3)40-31)28(36-4)19-11-7-6-8-12-19/h6-16,28-29,36H,17H2,1-5H3. The zero-order chi connectivity index (χ0) is 28.8. The molecule has 2 atom stereocenters. The number of hydrogen-bond donors (Lipinski definition) is 1. The molecule has 0 radical (unpaired) electrons. The summed E-state index contributed by atoms with van der Waals surface area (Å²) in [7, 11) is 3.21. The van der Waals surface area contributed by atoms with E-state index in [2.05, 4.69) is 19.2 Å². The number of hydrogen-bond acceptors (Lipinski definition) is 4. The van der Waals surface area contributed by atoms with Crippen molar-refractivity contribution in [1.82, 2.24) is 9.88 Å². The SMILES string of the molecule is CNC(c1ccccc1)C1n2c(c(Cc3c(F)cccc3F)c(C)c(-c3cccc(OC)c3F)c2=O)SC1(C)C. The van der Waals surface area contributed by atoms with Crippen molar-refractivity contribution in [1.29, 1.82) is 0 Å². The predicted molar refractivity (Wildman–Crippen MR) is 154 cm³/mol. The number of halogens is 3. The van der Waals surface area contributed by atoms with E-state index in [1.165, 1.54) is 49.2 Å². The van der Waals surface area contributed by atoms with E-state index in [0.717, 1.165) is 5.56 Å². The summed E-state index contributed by atoms with van der Waals surface area (Å²) >= 11 is 1.50. The fraction of sp³-hybridized carbons (Fsp3) is 0.281. The molecule has 0 amide bonds. The molecule has 3 aromatic carbocycles. The Bertz CT molecular complexity index is 1620. The fourth-order valence-corrected chi connectivity index (χ4v) is 7.30. The minimum Gasteiger partial charge on any atom is -0.494 e. The number of likely N-dealkylation sites (N-methyl/N-ethyl adjacent to an activating group) is 1. The van der Waals surface area contributed by atoms with Gasteiger partial charge >= 0.3 is 0 Å². The van der Waals surface area contributed by atoms with Gasteiger partial charge in [0, 0.05) is 22.3 Å². The van der Waals surface area contributed by atoms with Gasteiger partial charge in [0.2, 0.25) is 0 Å². The summed E-state index contributed by atoms with van der Waals surface area (Å²) in [4.78, 5) is 14.5. The van der Waals surface area contributed by atoms with Crippen LogP contribution in [0.3, 0.4) is 0 Å². The number of aromatic nitrogens is 1. The molecule has 8 heteroatoms. The molecule has 0 saturated carbocycles. The lowest BCUT2D eigenvalue weighted by molar-refractivity contribution is 0.309. The smallest absolute Gasteiger partial charge is 0.260 e. The second kappa shape index (κ2) is 10.8. The van der Waals surface area contributed by atoms with Gasteiger partial charge in [-0.05, 0) is 62.7 Å². The molecule has 0 spiro atoms. The van der Waals surface area contributed by atoms with Crippen LogP contribution in [-0.2, 0) is 6.42 Å². The van der Waals surface area contributed by atoms with Crippen LogP contribution in [0.4, 0.5) is 13.2 Å². The van der Waals surface area contributed by atoms with Crippen molar-refractivity contribution in [2.45, 2.75) is 49.0 Å². The molecule has 1 aromatic heterocycles. The van der Waals surface area contributed by atoms with Crippen LogP contribution in [0, 0.1) is 24.4 Å². The van der Waals surface area contributed by atoms with E-state index >= 15 is 4.39 Å². The highest BCUT2D eigenvalue weighted by molar-refractivity contribution is 8.00. The van der Waals surface area contributed by atoms with Gasteiger partial charge in [0.25, 0.3) is 5.56 Å². The van der Waals surface area contributed by atoms with Crippen LogP contribution in [0.1, 0.15) is 48.2 Å². The average molecular weight is 565 g/mol. The Morgan fingerprint density at radius 2 is 1.62 bits per heavy atom. The van der Waals surface area contributed by atoms with Gasteiger partial charge in [0.15, 0.2) is 11.6 Å². The summed E-state index contributed by atoms with van der Waals surface area (Å²) in [6.45, 7) is 5.82. The number of rotatable bonds is 7. The zero-order valence-electron chi connectivity index (χ0n) is 23.0. The Kier molecular flexibility index (Phi) is 7.59. The number of nitrogens with zero attached hydrogens (tertiary/aromatic N) is 1. The quantitative estimate of drug-likeness (QED) is 0.257. The number of pyridine rings is 1. The third kappa shape index (κ3) is 4.63. The van der Waals surface area contributed by atoms with Crippen LogP contribution in [0.5, 0.6) is 5.75 Å². The van der Waals surface area contributed by atoms with Crippen molar-refractivity contribution in [3.8, 4) is 16.9 Å². The van der Waals surface area contributed by atoms with Crippen molar-refractivity contribution >= 4 is 11.8 Å². The molecule has 208 valence electrons. The van der Waals surface area contributed by atoms with Crippen molar-refractivity contribution < 1.29 is 17.9 Å². The minimum atomic E-state index is -0.672. The van der Waals surface area contributed by atoms with Crippen LogP contribution >= 0.6 is 11.8 Å². The second-order valence-corrected chi connectivity index (χ2v) is 12.1. The predicted octanol–water partition coefficient (Wildman–Crippen LogP) is 7.23. The Hall–Kier alpha value is -3.49. The zero-order valence-corrected chi connectivity index (χ0v) is 23.8. The molecule has 5 rings (SSSR count). The first-order valence-corrected chi connectivity index (χ1v) is 13.9. The monoisotopic (exact) mass is 564 g/mol. The molecule has 0 aliphatic carbocycles. The van der Waals surface area contributed by atoms with Crippen molar-refractivity contribution in [3.05, 3.63) is 117 Å². The Balaban J connectivity index is 1.85. The van der Waals surface area contributed by atoms with Gasteiger partial charge in [-0.15, -0.1) is 0 Å². The molecule has 0 bridgehead atoms. The van der Waals surface area contributed by atoms with Gasteiger partial charge < -0.3 is 10.1 Å². The van der Waals surface area contributed by atoms with Crippen molar-refractivity contribution in [2.24, 2.45) is 0 Å². The second-order valence-electron chi connectivity index (χ2n) is 10.5. The van der Waals surface area contributed by atoms with Crippen molar-refractivity contribution in [2.75, 3.05) is 14.2 Å². The number of ether oxygens (including phenoxy) is 1. The normalized spacial score (nSPS) is 16.6. The van der Waals surface area contributed by atoms with Gasteiger partial charge in [0.1, 0.15) is 11.6 Å². The lowest BCUT2D eigenvalue weighted by atomic mass is 9.88. The summed E-state index contributed by atoms with van der Waals surface area (Å²) in [5, 5.41) is 4.02. The molecule has 2 unspecified atom stereocenters. The summed E-state index contributed by atoms with van der Waals surface area (Å²) in [5.74, 6) is -2.00. The first-order valence-electron chi connectivity index (χ1n) is 13.1. The maximum atomic E-state index is 15.7. The van der Waals surface area contributed by atoms with Gasteiger partial charge in [0.05, 0.1) is 29.8 Å². The highest BCUT2D eigenvalue weighted by Gasteiger charge is 2.47. The number of thioether (sulfide) groups is 1. The van der Waals surface area contributed by atoms with E-state index < -0.39 is 28.2 Å². The number of benzene rings is 3. The first-order chi connectivity index (χ1) is 19.1. The third-order valence-corrected chi connectivity index (χ3v) is 9.14. The van der Waals surface area contributed by atoms with E-state index in [1.807, 2.05) is 37.4 Å². The van der Waals surface area contributed by atoms with Gasteiger partial charge in [-0.1, -0.05) is 60.3 Å². The first kappa shape index (κ1) is 28.1. The highest BCUT2D eigenvalue weighted by atomic mass is 32.2. The van der Waals surface area contributed by atoms with E-state index in [1.54, 1.807) is 17.6 Å².